The summed E-state index contributed by atoms with van der Waals surface area (Å²) in [5.74, 6) is 0.444. The van der Waals surface area contributed by atoms with Crippen molar-refractivity contribution in [2.45, 2.75) is 25.9 Å². The summed E-state index contributed by atoms with van der Waals surface area (Å²) in [5, 5.41) is 3.57. The number of carbonyl (C=O) groups is 1. The molecule has 2 heterocycles. The van der Waals surface area contributed by atoms with Crippen LogP contribution in [0, 0.1) is 0 Å². The minimum atomic E-state index is -0.169. The van der Waals surface area contributed by atoms with Gasteiger partial charge in [0.05, 0.1) is 7.11 Å². The number of thiophene rings is 1. The fourth-order valence-electron chi connectivity index (χ4n) is 2.67. The zero-order chi connectivity index (χ0) is 15.7. The van der Waals surface area contributed by atoms with Crippen molar-refractivity contribution in [1.29, 1.82) is 0 Å². The van der Waals surface area contributed by atoms with Crippen LogP contribution in [0.3, 0.4) is 0 Å². The van der Waals surface area contributed by atoms with Crippen LogP contribution in [-0.2, 0) is 0 Å². The lowest BCUT2D eigenvalue weighted by Gasteiger charge is -2.43. The Kier molecular flexibility index (Phi) is 4.63. The van der Waals surface area contributed by atoms with Crippen molar-refractivity contribution in [1.82, 2.24) is 10.2 Å². The molecule has 1 aliphatic rings. The standard InChI is InChI=1S/C14H24N4O2S/c1-8-6-18(7-9(2)17(8)4)14-11(20-5)10(15)12(21-14)13(19)16-3/h8-9H,6-7,15H2,1-5H3,(H,16,19). The van der Waals surface area contributed by atoms with Gasteiger partial charge in [0, 0.05) is 32.2 Å². The van der Waals surface area contributed by atoms with Crippen molar-refractivity contribution in [3.05, 3.63) is 4.88 Å². The summed E-state index contributed by atoms with van der Waals surface area (Å²) < 4.78 is 5.45. The van der Waals surface area contributed by atoms with Gasteiger partial charge in [-0.1, -0.05) is 0 Å². The van der Waals surface area contributed by atoms with Gasteiger partial charge in [0.15, 0.2) is 5.75 Å². The normalized spacial score (nSPS) is 23.2. The molecule has 21 heavy (non-hydrogen) atoms. The summed E-state index contributed by atoms with van der Waals surface area (Å²) in [6, 6.07) is 0.871. The average Bonchev–Trinajstić information content (AvgIpc) is 2.80. The highest BCUT2D eigenvalue weighted by molar-refractivity contribution is 7.19. The quantitative estimate of drug-likeness (QED) is 0.878. The molecule has 0 bridgehead atoms. The summed E-state index contributed by atoms with van der Waals surface area (Å²) in [6.07, 6.45) is 0. The molecule has 1 aromatic heterocycles. The van der Waals surface area contributed by atoms with E-state index in [9.17, 15) is 4.79 Å². The molecule has 6 nitrogen and oxygen atoms in total. The van der Waals surface area contributed by atoms with Crippen LogP contribution < -0.4 is 20.7 Å². The summed E-state index contributed by atoms with van der Waals surface area (Å²) in [7, 11) is 5.34. The van der Waals surface area contributed by atoms with Gasteiger partial charge < -0.3 is 20.7 Å². The molecule has 3 N–H and O–H groups in total. The first-order valence-electron chi connectivity index (χ1n) is 7.05. The predicted molar refractivity (Wildman–Crippen MR) is 87.6 cm³/mol. The van der Waals surface area contributed by atoms with Gasteiger partial charge in [0.25, 0.3) is 5.91 Å². The van der Waals surface area contributed by atoms with Crippen LogP contribution in [-0.4, -0.2) is 57.2 Å². The first-order valence-corrected chi connectivity index (χ1v) is 7.87. The van der Waals surface area contributed by atoms with Gasteiger partial charge in [0.2, 0.25) is 0 Å². The number of amides is 1. The average molecular weight is 312 g/mol. The number of nitrogens with one attached hydrogen (secondary N) is 1. The highest BCUT2D eigenvalue weighted by Gasteiger charge is 2.31. The fourth-order valence-corrected chi connectivity index (χ4v) is 3.83. The van der Waals surface area contributed by atoms with E-state index in [1.165, 1.54) is 11.3 Å². The van der Waals surface area contributed by atoms with Crippen molar-refractivity contribution in [2.75, 3.05) is 44.9 Å². The lowest BCUT2D eigenvalue weighted by Crippen LogP contribution is -2.54. The smallest absolute Gasteiger partial charge is 0.263 e. The minimum Gasteiger partial charge on any atom is -0.492 e. The van der Waals surface area contributed by atoms with Crippen molar-refractivity contribution >= 4 is 27.9 Å². The van der Waals surface area contributed by atoms with E-state index in [1.807, 2.05) is 0 Å². The van der Waals surface area contributed by atoms with Gasteiger partial charge in [-0.3, -0.25) is 9.69 Å². The van der Waals surface area contributed by atoms with Crippen molar-refractivity contribution in [3.8, 4) is 5.75 Å². The fraction of sp³-hybridized carbons (Fsp3) is 0.643. The Morgan fingerprint density at radius 2 is 1.95 bits per heavy atom. The zero-order valence-electron chi connectivity index (χ0n) is 13.3. The molecule has 1 amide bonds. The number of carbonyl (C=O) groups excluding carboxylic acids is 1. The van der Waals surface area contributed by atoms with Gasteiger partial charge in [-0.05, 0) is 20.9 Å². The van der Waals surface area contributed by atoms with Gasteiger partial charge in [-0.25, -0.2) is 0 Å². The molecule has 2 unspecified atom stereocenters. The molecule has 0 radical (unpaired) electrons. The van der Waals surface area contributed by atoms with Crippen LogP contribution in [0.4, 0.5) is 10.7 Å². The molecule has 7 heteroatoms. The molecule has 0 aliphatic carbocycles. The Morgan fingerprint density at radius 3 is 2.43 bits per heavy atom. The SMILES string of the molecule is CNC(=O)c1sc(N2CC(C)N(C)C(C)C2)c(OC)c1N. The summed E-state index contributed by atoms with van der Waals surface area (Å²) in [6.45, 7) is 6.19. The van der Waals surface area contributed by atoms with E-state index in [0.29, 0.717) is 28.4 Å². The maximum Gasteiger partial charge on any atom is 0.263 e. The molecule has 118 valence electrons. The minimum absolute atomic E-state index is 0.169. The molecule has 0 aromatic carbocycles. The van der Waals surface area contributed by atoms with Gasteiger partial charge >= 0.3 is 0 Å². The lowest BCUT2D eigenvalue weighted by molar-refractivity contribution is 0.0967. The first kappa shape index (κ1) is 15.9. The molecular weight excluding hydrogens is 288 g/mol. The van der Waals surface area contributed by atoms with Crippen LogP contribution >= 0.6 is 11.3 Å². The highest BCUT2D eigenvalue weighted by atomic mass is 32.1. The van der Waals surface area contributed by atoms with Crippen molar-refractivity contribution in [3.63, 3.8) is 0 Å². The number of anilines is 2. The molecule has 0 spiro atoms. The third-order valence-corrected chi connectivity index (χ3v) is 5.41. The first-order chi connectivity index (χ1) is 9.90. The van der Waals surface area contributed by atoms with Crippen LogP contribution in [0.15, 0.2) is 0 Å². The molecule has 1 fully saturated rings. The molecule has 2 atom stereocenters. The zero-order valence-corrected chi connectivity index (χ0v) is 14.1. The number of nitrogens with zero attached hydrogens (tertiary/aromatic N) is 2. The lowest BCUT2D eigenvalue weighted by atomic mass is 10.1. The number of piperazine rings is 1. The molecule has 1 aromatic rings. The number of likely N-dealkylation sites (N-methyl/N-ethyl adjacent to an activating group) is 1. The molecule has 2 rings (SSSR count). The van der Waals surface area contributed by atoms with Crippen molar-refractivity contribution < 1.29 is 9.53 Å². The second-order valence-electron chi connectivity index (χ2n) is 5.53. The topological polar surface area (TPSA) is 70.8 Å². The van der Waals surface area contributed by atoms with Crippen LogP contribution in [0.2, 0.25) is 0 Å². The van der Waals surface area contributed by atoms with Gasteiger partial charge in [-0.2, -0.15) is 0 Å². The summed E-state index contributed by atoms with van der Waals surface area (Å²) in [4.78, 5) is 17.1. The van der Waals surface area contributed by atoms with E-state index >= 15 is 0 Å². The van der Waals surface area contributed by atoms with E-state index in [-0.39, 0.29) is 5.91 Å². The molecule has 0 saturated carbocycles. The van der Waals surface area contributed by atoms with Crippen LogP contribution in [0.1, 0.15) is 23.5 Å². The maximum absolute atomic E-state index is 11.9. The Morgan fingerprint density at radius 1 is 1.38 bits per heavy atom. The van der Waals surface area contributed by atoms with Crippen LogP contribution in [0.25, 0.3) is 0 Å². The largest absolute Gasteiger partial charge is 0.492 e. The van der Waals surface area contributed by atoms with Gasteiger partial charge in [0.1, 0.15) is 15.6 Å². The summed E-state index contributed by atoms with van der Waals surface area (Å²) >= 11 is 1.40. The Hall–Kier alpha value is -1.47. The second kappa shape index (κ2) is 6.11. The predicted octanol–water partition coefficient (Wildman–Crippen LogP) is 1.23. The number of hydrogen-bond acceptors (Lipinski definition) is 6. The van der Waals surface area contributed by atoms with E-state index in [4.69, 9.17) is 10.5 Å². The van der Waals surface area contributed by atoms with Crippen LogP contribution in [0.5, 0.6) is 5.75 Å². The van der Waals surface area contributed by atoms with E-state index in [1.54, 1.807) is 14.2 Å². The number of nitrogens with two attached hydrogens (primary N) is 1. The Balaban J connectivity index is 2.37. The van der Waals surface area contributed by atoms with E-state index < -0.39 is 0 Å². The third kappa shape index (κ3) is 2.80. The summed E-state index contributed by atoms with van der Waals surface area (Å²) in [5.41, 5.74) is 6.51. The molecule has 1 saturated heterocycles. The number of nitrogen functional groups attached to an aromatic ring is 1. The van der Waals surface area contributed by atoms with E-state index in [2.05, 4.69) is 36.0 Å². The molecular formula is C14H24N4O2S. The van der Waals surface area contributed by atoms with E-state index in [0.717, 1.165) is 18.1 Å². The third-order valence-electron chi connectivity index (χ3n) is 4.17. The Bertz CT molecular complexity index is 519. The maximum atomic E-state index is 11.9. The number of methoxy groups -OCH3 is 1. The Labute approximate surface area is 129 Å². The second-order valence-corrected chi connectivity index (χ2v) is 6.53. The van der Waals surface area contributed by atoms with Crippen molar-refractivity contribution in [2.24, 2.45) is 0 Å². The highest BCUT2D eigenvalue weighted by Crippen LogP contribution is 2.45. The number of hydrogen-bond donors (Lipinski definition) is 2. The van der Waals surface area contributed by atoms with Gasteiger partial charge in [-0.15, -0.1) is 11.3 Å². The number of rotatable bonds is 3. The molecule has 1 aliphatic heterocycles. The monoisotopic (exact) mass is 312 g/mol. The number of ether oxygens (including phenoxy) is 1.